The van der Waals surface area contributed by atoms with Crippen molar-refractivity contribution in [3.63, 3.8) is 0 Å². The number of hydrogen-bond acceptors (Lipinski definition) is 6. The Labute approximate surface area is 194 Å². The van der Waals surface area contributed by atoms with E-state index in [1.54, 1.807) is 49.1 Å². The number of aromatic hydroxyl groups is 1. The van der Waals surface area contributed by atoms with Crippen LogP contribution in [0.1, 0.15) is 11.1 Å². The van der Waals surface area contributed by atoms with Crippen LogP contribution < -0.4 is 10.9 Å². The third-order valence-corrected chi connectivity index (χ3v) is 5.76. The smallest absolute Gasteiger partial charge is 0.261 e. The Bertz CT molecular complexity index is 1490. The standard InChI is InChI=1S/C25H24N6O3/c1-15-10-18(31-9-8-26-14-31)12-21-23(15)30-24(29-21)22-20(6-7-27-25(22)34)28-17(13-32)11-16-2-4-19(33)5-3-16/h2-10,12,14,17,32-33H,11,13H2,1H3,(H,29,30)(H2,27,28,34). The minimum atomic E-state index is -0.343. The number of aryl methyl sites for hydroxylation is 1. The fourth-order valence-electron chi connectivity index (χ4n) is 4.08. The first kappa shape index (κ1) is 21.5. The van der Waals surface area contributed by atoms with E-state index in [1.165, 1.54) is 0 Å². The van der Waals surface area contributed by atoms with E-state index in [0.717, 1.165) is 27.8 Å². The number of aliphatic hydroxyl groups excluding tert-OH is 1. The lowest BCUT2D eigenvalue weighted by Crippen LogP contribution is -2.28. The molecule has 2 aromatic carbocycles. The highest BCUT2D eigenvalue weighted by atomic mass is 16.3. The Hall–Kier alpha value is -4.37. The Morgan fingerprint density at radius 3 is 2.74 bits per heavy atom. The molecule has 34 heavy (non-hydrogen) atoms. The molecule has 5 rings (SSSR count). The molecule has 0 amide bonds. The van der Waals surface area contributed by atoms with Gasteiger partial charge in [-0.05, 0) is 54.8 Å². The van der Waals surface area contributed by atoms with Gasteiger partial charge in [0.25, 0.3) is 5.56 Å². The fraction of sp³-hybridized carbons (Fsp3) is 0.160. The van der Waals surface area contributed by atoms with Gasteiger partial charge in [0, 0.05) is 24.3 Å². The van der Waals surface area contributed by atoms with Gasteiger partial charge in [0.1, 0.15) is 17.1 Å². The molecule has 0 spiro atoms. The number of rotatable bonds is 7. The lowest BCUT2D eigenvalue weighted by atomic mass is 10.1. The van der Waals surface area contributed by atoms with Gasteiger partial charge in [-0.1, -0.05) is 12.1 Å². The number of anilines is 1. The fourth-order valence-corrected chi connectivity index (χ4v) is 4.08. The number of H-pyrrole nitrogens is 2. The van der Waals surface area contributed by atoms with Crippen LogP contribution in [0.2, 0.25) is 0 Å². The van der Waals surface area contributed by atoms with Crippen LogP contribution in [0.5, 0.6) is 5.75 Å². The van der Waals surface area contributed by atoms with E-state index in [4.69, 9.17) is 4.98 Å². The number of fused-ring (bicyclic) bond motifs is 1. The van der Waals surface area contributed by atoms with Crippen LogP contribution >= 0.6 is 0 Å². The van der Waals surface area contributed by atoms with Crippen molar-refractivity contribution in [2.75, 3.05) is 11.9 Å². The van der Waals surface area contributed by atoms with Gasteiger partial charge >= 0.3 is 0 Å². The van der Waals surface area contributed by atoms with E-state index in [-0.39, 0.29) is 24.0 Å². The zero-order chi connectivity index (χ0) is 23.7. The molecule has 0 aliphatic heterocycles. The highest BCUT2D eigenvalue weighted by Gasteiger charge is 2.18. The average Bonchev–Trinajstić information content (AvgIpc) is 3.50. The van der Waals surface area contributed by atoms with Crippen LogP contribution in [0.4, 0.5) is 5.69 Å². The van der Waals surface area contributed by atoms with Crippen LogP contribution in [0.25, 0.3) is 28.1 Å². The zero-order valence-corrected chi connectivity index (χ0v) is 18.5. The summed E-state index contributed by atoms with van der Waals surface area (Å²) in [6.45, 7) is 1.84. The molecule has 0 aliphatic carbocycles. The van der Waals surface area contributed by atoms with Crippen LogP contribution in [-0.2, 0) is 6.42 Å². The van der Waals surface area contributed by atoms with Crippen LogP contribution in [0.3, 0.4) is 0 Å². The first-order valence-electron chi connectivity index (χ1n) is 10.9. The number of pyridine rings is 1. The Kier molecular flexibility index (Phi) is 5.60. The number of imidazole rings is 2. The van der Waals surface area contributed by atoms with Crippen molar-refractivity contribution in [1.29, 1.82) is 0 Å². The SMILES string of the molecule is Cc1cc(-n2ccnc2)cc2[nH]c(-c3c(NC(CO)Cc4ccc(O)cc4)cc[nH]c3=O)nc12. The second kappa shape index (κ2) is 8.87. The van der Waals surface area contributed by atoms with Crippen LogP contribution in [0, 0.1) is 6.92 Å². The number of aromatic nitrogens is 5. The molecule has 5 N–H and O–H groups in total. The van der Waals surface area contributed by atoms with Gasteiger partial charge in [-0.2, -0.15) is 0 Å². The number of phenolic OH excluding ortho intramolecular Hbond substituents is 1. The van der Waals surface area contributed by atoms with Crippen molar-refractivity contribution >= 4 is 16.7 Å². The summed E-state index contributed by atoms with van der Waals surface area (Å²) < 4.78 is 1.91. The lowest BCUT2D eigenvalue weighted by Gasteiger charge is -2.19. The minimum absolute atomic E-state index is 0.138. The first-order valence-corrected chi connectivity index (χ1v) is 10.9. The summed E-state index contributed by atoms with van der Waals surface area (Å²) in [6, 6.07) is 12.2. The van der Waals surface area contributed by atoms with E-state index in [1.807, 2.05) is 29.8 Å². The van der Waals surface area contributed by atoms with Gasteiger partial charge in [0.15, 0.2) is 0 Å². The Morgan fingerprint density at radius 1 is 1.18 bits per heavy atom. The van der Waals surface area contributed by atoms with E-state index < -0.39 is 0 Å². The normalized spacial score (nSPS) is 12.2. The molecule has 9 heteroatoms. The van der Waals surface area contributed by atoms with Gasteiger partial charge in [-0.3, -0.25) is 4.79 Å². The molecule has 5 aromatic rings. The third kappa shape index (κ3) is 4.16. The Morgan fingerprint density at radius 2 is 2.00 bits per heavy atom. The highest BCUT2D eigenvalue weighted by Crippen LogP contribution is 2.28. The Balaban J connectivity index is 1.51. The molecule has 0 saturated carbocycles. The van der Waals surface area contributed by atoms with Gasteiger partial charge in [0.05, 0.1) is 35.7 Å². The van der Waals surface area contributed by atoms with E-state index in [2.05, 4.69) is 20.3 Å². The van der Waals surface area contributed by atoms with Crippen molar-refractivity contribution in [1.82, 2.24) is 24.5 Å². The lowest BCUT2D eigenvalue weighted by molar-refractivity contribution is 0.273. The number of nitrogens with zero attached hydrogens (tertiary/aromatic N) is 3. The molecule has 0 saturated heterocycles. The summed E-state index contributed by atoms with van der Waals surface area (Å²) in [7, 11) is 0. The number of aromatic amines is 2. The van der Waals surface area contributed by atoms with Crippen molar-refractivity contribution < 1.29 is 10.2 Å². The van der Waals surface area contributed by atoms with Gasteiger partial charge < -0.3 is 30.1 Å². The maximum Gasteiger partial charge on any atom is 0.261 e. The summed E-state index contributed by atoms with van der Waals surface area (Å²) in [5, 5.41) is 22.8. The summed E-state index contributed by atoms with van der Waals surface area (Å²) >= 11 is 0. The van der Waals surface area contributed by atoms with Crippen molar-refractivity contribution in [3.05, 3.63) is 88.9 Å². The number of nitrogens with one attached hydrogen (secondary N) is 3. The maximum atomic E-state index is 12.9. The monoisotopic (exact) mass is 456 g/mol. The molecule has 172 valence electrons. The third-order valence-electron chi connectivity index (χ3n) is 5.76. The predicted octanol–water partition coefficient (Wildman–Crippen LogP) is 3.13. The molecule has 0 radical (unpaired) electrons. The molecule has 0 aliphatic rings. The quantitative estimate of drug-likeness (QED) is 0.256. The van der Waals surface area contributed by atoms with E-state index in [9.17, 15) is 15.0 Å². The molecule has 3 aromatic heterocycles. The van der Waals surface area contributed by atoms with Crippen molar-refractivity contribution in [3.8, 4) is 22.8 Å². The van der Waals surface area contributed by atoms with E-state index in [0.29, 0.717) is 23.5 Å². The summed E-state index contributed by atoms with van der Waals surface area (Å²) in [5.74, 6) is 0.622. The van der Waals surface area contributed by atoms with Crippen molar-refractivity contribution in [2.45, 2.75) is 19.4 Å². The molecule has 1 unspecified atom stereocenters. The highest BCUT2D eigenvalue weighted by molar-refractivity contribution is 5.86. The molecular formula is C25H24N6O3. The number of aliphatic hydroxyl groups is 1. The molecule has 0 bridgehead atoms. The van der Waals surface area contributed by atoms with E-state index >= 15 is 0 Å². The molecule has 0 fully saturated rings. The minimum Gasteiger partial charge on any atom is -0.508 e. The van der Waals surface area contributed by atoms with Crippen LogP contribution in [0.15, 0.2) is 72.2 Å². The second-order valence-corrected chi connectivity index (χ2v) is 8.20. The van der Waals surface area contributed by atoms with Gasteiger partial charge in [-0.25, -0.2) is 9.97 Å². The average molecular weight is 457 g/mol. The first-order chi connectivity index (χ1) is 16.5. The maximum absolute atomic E-state index is 12.9. The second-order valence-electron chi connectivity index (χ2n) is 8.20. The number of benzene rings is 2. The molecular weight excluding hydrogens is 432 g/mol. The molecule has 3 heterocycles. The largest absolute Gasteiger partial charge is 0.508 e. The van der Waals surface area contributed by atoms with Crippen molar-refractivity contribution in [2.24, 2.45) is 0 Å². The summed E-state index contributed by atoms with van der Waals surface area (Å²) in [4.78, 5) is 27.7. The van der Waals surface area contributed by atoms with Gasteiger partial charge in [-0.15, -0.1) is 0 Å². The summed E-state index contributed by atoms with van der Waals surface area (Å²) in [5.41, 5.74) is 5.06. The number of phenols is 1. The molecule has 1 atom stereocenters. The van der Waals surface area contributed by atoms with Gasteiger partial charge in [0.2, 0.25) is 0 Å². The number of hydrogen-bond donors (Lipinski definition) is 5. The topological polar surface area (TPSA) is 132 Å². The van der Waals surface area contributed by atoms with Crippen LogP contribution in [-0.4, -0.2) is 47.4 Å². The molecule has 9 nitrogen and oxygen atoms in total. The zero-order valence-electron chi connectivity index (χ0n) is 18.5. The summed E-state index contributed by atoms with van der Waals surface area (Å²) in [6.07, 6.45) is 7.38. The predicted molar refractivity (Wildman–Crippen MR) is 130 cm³/mol.